The Balaban J connectivity index is 1.57. The molecule has 4 heterocycles. The van der Waals surface area contributed by atoms with E-state index >= 15 is 0 Å². The first-order chi connectivity index (χ1) is 19.2. The Hall–Kier alpha value is -3.33. The fourth-order valence-corrected chi connectivity index (χ4v) is 6.59. The molecule has 3 aliphatic heterocycles. The molecule has 0 bridgehead atoms. The minimum atomic E-state index is -0.303. The lowest BCUT2D eigenvalue weighted by Crippen LogP contribution is -2.48. The van der Waals surface area contributed by atoms with Gasteiger partial charge in [0.1, 0.15) is 21.8 Å². The molecule has 0 aliphatic carbocycles. The fraction of sp³-hybridized carbons (Fsp3) is 0.448. The molecule has 2 saturated heterocycles. The quantitative estimate of drug-likeness (QED) is 0.345. The number of hydrogen-bond donors (Lipinski definition) is 0. The SMILES string of the molecule is CCCCn1c(N2CC(C)OC(C)C2)c(/C=C2/SC(=S)N(Cc3ccc4c(c3)OCO4)C2=O)c(C)c(C#N)c1=O. The van der Waals surface area contributed by atoms with Crippen LogP contribution in [0.4, 0.5) is 5.82 Å². The molecule has 2 unspecified atom stereocenters. The van der Waals surface area contributed by atoms with Crippen LogP contribution in [0.3, 0.4) is 0 Å². The summed E-state index contributed by atoms with van der Waals surface area (Å²) < 4.78 is 19.0. The molecule has 2 atom stereocenters. The van der Waals surface area contributed by atoms with Crippen LogP contribution in [0, 0.1) is 18.3 Å². The molecular weight excluding hydrogens is 548 g/mol. The predicted molar refractivity (Wildman–Crippen MR) is 159 cm³/mol. The highest BCUT2D eigenvalue weighted by molar-refractivity contribution is 8.26. The van der Waals surface area contributed by atoms with Crippen molar-refractivity contribution in [1.82, 2.24) is 9.47 Å². The number of morpholine rings is 1. The molecule has 9 nitrogen and oxygen atoms in total. The summed E-state index contributed by atoms with van der Waals surface area (Å²) in [6, 6.07) is 7.69. The number of thiocarbonyl (C=S) groups is 1. The number of fused-ring (bicyclic) bond motifs is 1. The summed E-state index contributed by atoms with van der Waals surface area (Å²) in [5.74, 6) is 1.82. The van der Waals surface area contributed by atoms with Gasteiger partial charge in [0.05, 0.1) is 23.7 Å². The second-order valence-electron chi connectivity index (χ2n) is 10.3. The number of nitriles is 1. The molecule has 5 rings (SSSR count). The number of benzene rings is 1. The summed E-state index contributed by atoms with van der Waals surface area (Å²) in [5.41, 5.74) is 1.91. The predicted octanol–water partition coefficient (Wildman–Crippen LogP) is 4.57. The molecule has 0 spiro atoms. The lowest BCUT2D eigenvalue weighted by Gasteiger charge is -2.39. The lowest BCUT2D eigenvalue weighted by atomic mass is 10.0. The number of rotatable bonds is 7. The van der Waals surface area contributed by atoms with E-state index in [4.69, 9.17) is 26.4 Å². The maximum absolute atomic E-state index is 13.7. The number of carbonyl (C=O) groups is 1. The Labute approximate surface area is 243 Å². The molecule has 40 heavy (non-hydrogen) atoms. The minimum absolute atomic E-state index is 0.0396. The molecule has 2 aromatic rings. The zero-order chi connectivity index (χ0) is 28.6. The van der Waals surface area contributed by atoms with Gasteiger partial charge in [-0.3, -0.25) is 19.1 Å². The van der Waals surface area contributed by atoms with E-state index in [-0.39, 0.29) is 36.0 Å². The van der Waals surface area contributed by atoms with E-state index in [1.54, 1.807) is 22.5 Å². The maximum Gasteiger partial charge on any atom is 0.270 e. The number of anilines is 1. The van der Waals surface area contributed by atoms with Gasteiger partial charge >= 0.3 is 0 Å². The van der Waals surface area contributed by atoms with E-state index in [2.05, 4.69) is 17.9 Å². The third-order valence-corrected chi connectivity index (χ3v) is 8.61. The molecule has 11 heteroatoms. The number of nitrogens with zero attached hydrogens (tertiary/aromatic N) is 4. The third-order valence-electron chi connectivity index (χ3n) is 7.23. The van der Waals surface area contributed by atoms with Gasteiger partial charge in [0.2, 0.25) is 6.79 Å². The van der Waals surface area contributed by atoms with Gasteiger partial charge in [0.15, 0.2) is 11.5 Å². The second kappa shape index (κ2) is 11.6. The van der Waals surface area contributed by atoms with E-state index in [1.165, 1.54) is 11.8 Å². The van der Waals surface area contributed by atoms with Gasteiger partial charge in [-0.2, -0.15) is 5.26 Å². The Kier molecular flexibility index (Phi) is 8.21. The molecule has 0 N–H and O–H groups in total. The highest BCUT2D eigenvalue weighted by Crippen LogP contribution is 2.38. The summed E-state index contributed by atoms with van der Waals surface area (Å²) >= 11 is 6.85. The van der Waals surface area contributed by atoms with Gasteiger partial charge in [-0.1, -0.05) is 43.4 Å². The molecule has 0 saturated carbocycles. The highest BCUT2D eigenvalue weighted by Gasteiger charge is 2.34. The molecule has 210 valence electrons. The summed E-state index contributed by atoms with van der Waals surface area (Å²) in [6.45, 7) is 9.99. The van der Waals surface area contributed by atoms with Crippen molar-refractivity contribution >= 4 is 46.1 Å². The Morgan fingerprint density at radius 2 is 1.90 bits per heavy atom. The topological polar surface area (TPSA) is 97.0 Å². The number of amides is 1. The van der Waals surface area contributed by atoms with E-state index in [0.29, 0.717) is 58.0 Å². The van der Waals surface area contributed by atoms with Gasteiger partial charge in [-0.25, -0.2) is 0 Å². The number of unbranched alkanes of at least 4 members (excludes halogenated alkanes) is 1. The summed E-state index contributed by atoms with van der Waals surface area (Å²) in [7, 11) is 0. The number of thioether (sulfide) groups is 1. The fourth-order valence-electron chi connectivity index (χ4n) is 5.35. The van der Waals surface area contributed by atoms with Crippen LogP contribution >= 0.6 is 24.0 Å². The molecule has 3 aliphatic rings. The van der Waals surface area contributed by atoms with Crippen molar-refractivity contribution in [3.63, 3.8) is 0 Å². The second-order valence-corrected chi connectivity index (χ2v) is 12.0. The first-order valence-corrected chi connectivity index (χ1v) is 14.7. The summed E-state index contributed by atoms with van der Waals surface area (Å²) in [4.78, 5) is 31.4. The Morgan fingerprint density at radius 3 is 2.60 bits per heavy atom. The van der Waals surface area contributed by atoms with Crippen LogP contribution in [-0.2, 0) is 22.6 Å². The van der Waals surface area contributed by atoms with Gasteiger partial charge < -0.3 is 19.1 Å². The number of carbonyl (C=O) groups excluding carboxylic acids is 1. The molecule has 2 fully saturated rings. The average molecular weight is 581 g/mol. The zero-order valence-electron chi connectivity index (χ0n) is 23.1. The Morgan fingerprint density at radius 1 is 1.18 bits per heavy atom. The normalized spacial score (nSPS) is 21.4. The van der Waals surface area contributed by atoms with E-state index in [0.717, 1.165) is 24.2 Å². The van der Waals surface area contributed by atoms with E-state index in [1.807, 2.05) is 32.0 Å². The number of pyridine rings is 1. The minimum Gasteiger partial charge on any atom is -0.454 e. The van der Waals surface area contributed by atoms with Crippen LogP contribution in [0.1, 0.15) is 55.9 Å². The van der Waals surface area contributed by atoms with Crippen molar-refractivity contribution in [3.05, 3.63) is 55.7 Å². The monoisotopic (exact) mass is 580 g/mol. The molecule has 0 radical (unpaired) electrons. The van der Waals surface area contributed by atoms with Crippen molar-refractivity contribution in [3.8, 4) is 17.6 Å². The van der Waals surface area contributed by atoms with Crippen LogP contribution < -0.4 is 19.9 Å². The molecular formula is C29H32N4O5S2. The van der Waals surface area contributed by atoms with Crippen LogP contribution in [0.25, 0.3) is 6.08 Å². The van der Waals surface area contributed by atoms with Crippen molar-refractivity contribution in [2.24, 2.45) is 0 Å². The maximum atomic E-state index is 13.7. The van der Waals surface area contributed by atoms with Crippen LogP contribution in [0.15, 0.2) is 27.9 Å². The first kappa shape index (κ1) is 28.2. The van der Waals surface area contributed by atoms with Gasteiger partial charge in [-0.05, 0) is 56.5 Å². The van der Waals surface area contributed by atoms with E-state index in [9.17, 15) is 14.9 Å². The Bertz CT molecular complexity index is 1480. The standard InChI is InChI=1S/C29H32N4O5S2/c1-5-6-9-32-26(31-13-17(2)38-18(3)14-31)21(19(4)22(12-30)27(32)34)11-25-28(35)33(29(39)40-25)15-20-7-8-23-24(10-20)37-16-36-23/h7-8,10-11,17-18H,5-6,9,13-16H2,1-4H3/b25-11+. The van der Waals surface area contributed by atoms with Crippen LogP contribution in [0.2, 0.25) is 0 Å². The lowest BCUT2D eigenvalue weighted by molar-refractivity contribution is -0.122. The largest absolute Gasteiger partial charge is 0.454 e. The summed E-state index contributed by atoms with van der Waals surface area (Å²) in [6.07, 6.45) is 3.40. The van der Waals surface area contributed by atoms with Crippen molar-refractivity contribution in [1.29, 1.82) is 5.26 Å². The summed E-state index contributed by atoms with van der Waals surface area (Å²) in [5, 5.41) is 9.95. The van der Waals surface area contributed by atoms with Crippen LogP contribution in [0.5, 0.6) is 11.5 Å². The first-order valence-electron chi connectivity index (χ1n) is 13.4. The molecule has 1 aromatic heterocycles. The van der Waals surface area contributed by atoms with Gasteiger partial charge in [0.25, 0.3) is 11.5 Å². The number of hydrogen-bond acceptors (Lipinski definition) is 9. The van der Waals surface area contributed by atoms with Crippen molar-refractivity contribution < 1.29 is 19.0 Å². The number of aromatic nitrogens is 1. The van der Waals surface area contributed by atoms with Crippen LogP contribution in [-0.4, -0.2) is 51.8 Å². The number of ether oxygens (including phenoxy) is 3. The van der Waals surface area contributed by atoms with E-state index < -0.39 is 0 Å². The highest BCUT2D eigenvalue weighted by atomic mass is 32.2. The van der Waals surface area contributed by atoms with Gasteiger partial charge in [0, 0.05) is 25.2 Å². The average Bonchev–Trinajstić information content (AvgIpc) is 3.48. The third kappa shape index (κ3) is 5.36. The zero-order valence-corrected chi connectivity index (χ0v) is 24.7. The smallest absolute Gasteiger partial charge is 0.270 e. The molecule has 1 amide bonds. The van der Waals surface area contributed by atoms with Gasteiger partial charge in [-0.15, -0.1) is 0 Å². The van der Waals surface area contributed by atoms with Crippen molar-refractivity contribution in [2.75, 3.05) is 24.8 Å². The molecule has 1 aromatic carbocycles. The van der Waals surface area contributed by atoms with Crippen molar-refractivity contribution in [2.45, 2.75) is 65.8 Å².